The van der Waals surface area contributed by atoms with Gasteiger partial charge in [-0.05, 0) is 49.4 Å². The Balaban J connectivity index is 1.62. The van der Waals surface area contributed by atoms with Gasteiger partial charge in [0.2, 0.25) is 0 Å². The minimum absolute atomic E-state index is 0.344. The SMILES string of the molecule is CCOc1ccc(Cl)cc1NC(=O)Nc1ccc(N2CCNCC2)cc1. The molecule has 1 aliphatic heterocycles. The summed E-state index contributed by atoms with van der Waals surface area (Å²) < 4.78 is 5.51. The number of urea groups is 1. The van der Waals surface area contributed by atoms with Crippen molar-refractivity contribution in [2.75, 3.05) is 48.3 Å². The monoisotopic (exact) mass is 374 g/mol. The van der Waals surface area contributed by atoms with E-state index in [4.69, 9.17) is 16.3 Å². The molecule has 2 aromatic rings. The lowest BCUT2D eigenvalue weighted by Gasteiger charge is -2.29. The number of carbonyl (C=O) groups is 1. The second-order valence-corrected chi connectivity index (χ2v) is 6.37. The highest BCUT2D eigenvalue weighted by Gasteiger charge is 2.11. The Kier molecular flexibility index (Phi) is 6.20. The number of amides is 2. The van der Waals surface area contributed by atoms with E-state index in [1.54, 1.807) is 18.2 Å². The van der Waals surface area contributed by atoms with Crippen LogP contribution in [0.5, 0.6) is 5.75 Å². The Hall–Kier alpha value is -2.44. The molecule has 1 saturated heterocycles. The summed E-state index contributed by atoms with van der Waals surface area (Å²) in [6, 6.07) is 12.6. The van der Waals surface area contributed by atoms with Crippen LogP contribution >= 0.6 is 11.6 Å². The number of nitrogens with one attached hydrogen (secondary N) is 3. The van der Waals surface area contributed by atoms with Crippen LogP contribution in [0, 0.1) is 0 Å². The lowest BCUT2D eigenvalue weighted by atomic mass is 10.2. The summed E-state index contributed by atoms with van der Waals surface area (Å²) >= 11 is 6.02. The van der Waals surface area contributed by atoms with Crippen LogP contribution in [-0.2, 0) is 0 Å². The molecule has 6 nitrogen and oxygen atoms in total. The van der Waals surface area contributed by atoms with Crippen molar-refractivity contribution < 1.29 is 9.53 Å². The number of piperazine rings is 1. The van der Waals surface area contributed by atoms with E-state index in [9.17, 15) is 4.79 Å². The Morgan fingerprint density at radius 1 is 1.15 bits per heavy atom. The van der Waals surface area contributed by atoms with E-state index in [0.717, 1.165) is 37.6 Å². The largest absolute Gasteiger partial charge is 0.492 e. The number of benzene rings is 2. The van der Waals surface area contributed by atoms with Crippen LogP contribution in [0.4, 0.5) is 21.9 Å². The maximum atomic E-state index is 12.3. The van der Waals surface area contributed by atoms with E-state index in [1.165, 1.54) is 0 Å². The lowest BCUT2D eigenvalue weighted by molar-refractivity contribution is 0.262. The second kappa shape index (κ2) is 8.78. The first-order chi connectivity index (χ1) is 12.7. The van der Waals surface area contributed by atoms with Crippen molar-refractivity contribution in [1.82, 2.24) is 5.32 Å². The molecule has 1 aliphatic rings. The second-order valence-electron chi connectivity index (χ2n) is 5.94. The van der Waals surface area contributed by atoms with Gasteiger partial charge in [-0.2, -0.15) is 0 Å². The molecular formula is C19H23ClN4O2. The summed E-state index contributed by atoms with van der Waals surface area (Å²) in [6.07, 6.45) is 0. The van der Waals surface area contributed by atoms with E-state index in [-0.39, 0.29) is 6.03 Å². The maximum absolute atomic E-state index is 12.3. The average molecular weight is 375 g/mol. The number of anilines is 3. The summed E-state index contributed by atoms with van der Waals surface area (Å²) in [7, 11) is 0. The molecular weight excluding hydrogens is 352 g/mol. The summed E-state index contributed by atoms with van der Waals surface area (Å²) in [4.78, 5) is 14.6. The van der Waals surface area contributed by atoms with Crippen LogP contribution in [0.3, 0.4) is 0 Å². The zero-order valence-electron chi connectivity index (χ0n) is 14.7. The molecule has 3 rings (SSSR count). The molecule has 0 aromatic heterocycles. The Bertz CT molecular complexity index is 746. The normalized spacial score (nSPS) is 14.0. The minimum atomic E-state index is -0.344. The van der Waals surface area contributed by atoms with Crippen molar-refractivity contribution in [1.29, 1.82) is 0 Å². The van der Waals surface area contributed by atoms with Crippen LogP contribution in [0.25, 0.3) is 0 Å². The van der Waals surface area contributed by atoms with Crippen LogP contribution in [0.1, 0.15) is 6.92 Å². The number of carbonyl (C=O) groups excluding carboxylic acids is 1. The molecule has 0 bridgehead atoms. The van der Waals surface area contributed by atoms with Gasteiger partial charge in [0.05, 0.1) is 12.3 Å². The molecule has 1 heterocycles. The number of ether oxygens (including phenoxy) is 1. The predicted molar refractivity (Wildman–Crippen MR) is 107 cm³/mol. The Labute approximate surface area is 158 Å². The molecule has 1 fully saturated rings. The van der Waals surface area contributed by atoms with Gasteiger partial charge < -0.3 is 25.6 Å². The van der Waals surface area contributed by atoms with Crippen LogP contribution < -0.4 is 25.6 Å². The molecule has 0 unspecified atom stereocenters. The number of nitrogens with zero attached hydrogens (tertiary/aromatic N) is 1. The average Bonchev–Trinajstić information content (AvgIpc) is 2.65. The maximum Gasteiger partial charge on any atom is 0.323 e. The van der Waals surface area contributed by atoms with Gasteiger partial charge in [0, 0.05) is 42.6 Å². The van der Waals surface area contributed by atoms with Gasteiger partial charge in [0.25, 0.3) is 0 Å². The van der Waals surface area contributed by atoms with Gasteiger partial charge in [-0.25, -0.2) is 4.79 Å². The molecule has 2 amide bonds. The van der Waals surface area contributed by atoms with Crippen molar-refractivity contribution in [3.8, 4) is 5.75 Å². The molecule has 26 heavy (non-hydrogen) atoms. The summed E-state index contributed by atoms with van der Waals surface area (Å²) in [5.74, 6) is 0.584. The van der Waals surface area contributed by atoms with Gasteiger partial charge in [-0.3, -0.25) is 0 Å². The third-order valence-corrected chi connectivity index (χ3v) is 4.33. The van der Waals surface area contributed by atoms with E-state index < -0.39 is 0 Å². The number of hydrogen-bond donors (Lipinski definition) is 3. The molecule has 3 N–H and O–H groups in total. The van der Waals surface area contributed by atoms with E-state index in [2.05, 4.69) is 20.9 Å². The molecule has 0 atom stereocenters. The van der Waals surface area contributed by atoms with E-state index in [0.29, 0.717) is 23.1 Å². The first kappa shape index (κ1) is 18.4. The van der Waals surface area contributed by atoms with E-state index in [1.807, 2.05) is 31.2 Å². The molecule has 0 aliphatic carbocycles. The molecule has 7 heteroatoms. The number of hydrogen-bond acceptors (Lipinski definition) is 4. The van der Waals surface area contributed by atoms with Gasteiger partial charge in [0.15, 0.2) is 0 Å². The lowest BCUT2D eigenvalue weighted by Crippen LogP contribution is -2.43. The van der Waals surface area contributed by atoms with Crippen LogP contribution in [-0.4, -0.2) is 38.8 Å². The molecule has 0 spiro atoms. The summed E-state index contributed by atoms with van der Waals surface area (Å²) in [5.41, 5.74) is 2.42. The molecule has 0 radical (unpaired) electrons. The van der Waals surface area contributed by atoms with Gasteiger partial charge in [-0.1, -0.05) is 11.6 Å². The van der Waals surface area contributed by atoms with Crippen molar-refractivity contribution in [2.45, 2.75) is 6.92 Å². The third-order valence-electron chi connectivity index (χ3n) is 4.10. The highest BCUT2D eigenvalue weighted by molar-refractivity contribution is 6.31. The van der Waals surface area contributed by atoms with E-state index >= 15 is 0 Å². The van der Waals surface area contributed by atoms with Gasteiger partial charge >= 0.3 is 6.03 Å². The van der Waals surface area contributed by atoms with Gasteiger partial charge in [-0.15, -0.1) is 0 Å². The fourth-order valence-electron chi connectivity index (χ4n) is 2.84. The fraction of sp³-hybridized carbons (Fsp3) is 0.316. The molecule has 0 saturated carbocycles. The van der Waals surface area contributed by atoms with Crippen molar-refractivity contribution in [3.05, 3.63) is 47.5 Å². The van der Waals surface area contributed by atoms with Crippen molar-refractivity contribution in [3.63, 3.8) is 0 Å². The molecule has 2 aromatic carbocycles. The van der Waals surface area contributed by atoms with Crippen LogP contribution in [0.15, 0.2) is 42.5 Å². The smallest absolute Gasteiger partial charge is 0.323 e. The summed E-state index contributed by atoms with van der Waals surface area (Å²) in [5, 5.41) is 9.48. The quantitative estimate of drug-likeness (QED) is 0.745. The highest BCUT2D eigenvalue weighted by Crippen LogP contribution is 2.28. The van der Waals surface area contributed by atoms with Gasteiger partial charge in [0.1, 0.15) is 5.75 Å². The minimum Gasteiger partial charge on any atom is -0.492 e. The van der Waals surface area contributed by atoms with Crippen molar-refractivity contribution in [2.24, 2.45) is 0 Å². The molecule has 138 valence electrons. The Morgan fingerprint density at radius 3 is 2.58 bits per heavy atom. The third kappa shape index (κ3) is 4.80. The zero-order chi connectivity index (χ0) is 18.4. The fourth-order valence-corrected chi connectivity index (χ4v) is 3.02. The Morgan fingerprint density at radius 2 is 1.88 bits per heavy atom. The standard InChI is InChI=1S/C19H23ClN4O2/c1-2-26-18-8-3-14(20)13-17(18)23-19(25)22-15-4-6-16(7-5-15)24-11-9-21-10-12-24/h3-8,13,21H,2,9-12H2,1H3,(H2,22,23,25). The summed E-state index contributed by atoms with van der Waals surface area (Å²) in [6.45, 7) is 6.35. The van der Waals surface area contributed by atoms with Crippen molar-refractivity contribution >= 4 is 34.7 Å². The predicted octanol–water partition coefficient (Wildman–Crippen LogP) is 3.79. The topological polar surface area (TPSA) is 65.6 Å². The highest BCUT2D eigenvalue weighted by atomic mass is 35.5. The number of halogens is 1. The first-order valence-electron chi connectivity index (χ1n) is 8.72. The number of rotatable bonds is 5. The van der Waals surface area contributed by atoms with Crippen LogP contribution in [0.2, 0.25) is 5.02 Å². The zero-order valence-corrected chi connectivity index (χ0v) is 15.5. The first-order valence-corrected chi connectivity index (χ1v) is 9.09.